The molecule has 2 heterocycles. The van der Waals surface area contributed by atoms with Crippen molar-refractivity contribution < 1.29 is 14.1 Å². The molecule has 1 aliphatic heterocycles. The third-order valence-corrected chi connectivity index (χ3v) is 4.67. The van der Waals surface area contributed by atoms with Crippen molar-refractivity contribution in [2.24, 2.45) is 0 Å². The Morgan fingerprint density at radius 1 is 1.25 bits per heavy atom. The number of hydrogen-bond acceptors (Lipinski definition) is 6. The van der Waals surface area contributed by atoms with Crippen molar-refractivity contribution >= 4 is 6.09 Å². The van der Waals surface area contributed by atoms with E-state index in [1.54, 1.807) is 0 Å². The number of piperidine rings is 1. The number of amides is 1. The molecule has 1 N–H and O–H groups in total. The van der Waals surface area contributed by atoms with Crippen LogP contribution >= 0.6 is 0 Å². The molecular formula is C21H30N4O3. The first-order chi connectivity index (χ1) is 13.4. The van der Waals surface area contributed by atoms with E-state index in [4.69, 9.17) is 9.26 Å². The maximum atomic E-state index is 11.9. The largest absolute Gasteiger partial charge is 0.444 e. The zero-order chi connectivity index (χ0) is 20.0. The summed E-state index contributed by atoms with van der Waals surface area (Å²) in [7, 11) is 0. The standard InChI is InChI=1S/C21H30N4O3/c1-21(2,3)27-20(26)22-17-11-14-25(15-12-17)13-7-10-18-23-19(24-28-18)16-8-5-4-6-9-16/h4-6,8-9,17H,7,10-15H2,1-3H3,(H,22,26). The summed E-state index contributed by atoms with van der Waals surface area (Å²) in [5.74, 6) is 1.32. The second kappa shape index (κ2) is 9.19. The quantitative estimate of drug-likeness (QED) is 0.816. The predicted molar refractivity (Wildman–Crippen MR) is 107 cm³/mol. The molecule has 0 radical (unpaired) electrons. The van der Waals surface area contributed by atoms with Gasteiger partial charge in [-0.1, -0.05) is 35.5 Å². The number of rotatable bonds is 6. The number of carbonyl (C=O) groups excluding carboxylic acids is 1. The van der Waals surface area contributed by atoms with Crippen molar-refractivity contribution in [3.05, 3.63) is 36.2 Å². The van der Waals surface area contributed by atoms with Gasteiger partial charge in [-0.05, 0) is 46.6 Å². The van der Waals surface area contributed by atoms with Gasteiger partial charge >= 0.3 is 6.09 Å². The molecule has 2 aromatic rings. The second-order valence-corrected chi connectivity index (χ2v) is 8.24. The first kappa shape index (κ1) is 20.3. The minimum atomic E-state index is -0.458. The molecule has 0 saturated carbocycles. The van der Waals surface area contributed by atoms with Gasteiger partial charge in [0.25, 0.3) is 0 Å². The lowest BCUT2D eigenvalue weighted by Crippen LogP contribution is -2.46. The van der Waals surface area contributed by atoms with Crippen LogP contribution in [0.25, 0.3) is 11.4 Å². The van der Waals surface area contributed by atoms with Crippen molar-refractivity contribution in [2.45, 2.75) is 58.1 Å². The van der Waals surface area contributed by atoms with Crippen LogP contribution in [0, 0.1) is 0 Å². The van der Waals surface area contributed by atoms with Gasteiger partial charge in [0.2, 0.25) is 11.7 Å². The molecule has 1 saturated heterocycles. The highest BCUT2D eigenvalue weighted by molar-refractivity contribution is 5.68. The molecule has 0 bridgehead atoms. The monoisotopic (exact) mass is 386 g/mol. The van der Waals surface area contributed by atoms with E-state index in [-0.39, 0.29) is 12.1 Å². The van der Waals surface area contributed by atoms with Crippen molar-refractivity contribution in [1.29, 1.82) is 0 Å². The van der Waals surface area contributed by atoms with Crippen molar-refractivity contribution in [2.75, 3.05) is 19.6 Å². The van der Waals surface area contributed by atoms with Crippen molar-refractivity contribution in [3.8, 4) is 11.4 Å². The molecule has 7 heteroatoms. The van der Waals surface area contributed by atoms with E-state index >= 15 is 0 Å². The number of ether oxygens (including phenoxy) is 1. The molecule has 1 amide bonds. The summed E-state index contributed by atoms with van der Waals surface area (Å²) in [6, 6.07) is 10.0. The minimum Gasteiger partial charge on any atom is -0.444 e. The molecule has 0 atom stereocenters. The van der Waals surface area contributed by atoms with Crippen molar-refractivity contribution in [3.63, 3.8) is 0 Å². The highest BCUT2D eigenvalue weighted by atomic mass is 16.6. The number of nitrogens with one attached hydrogen (secondary N) is 1. The SMILES string of the molecule is CC(C)(C)OC(=O)NC1CCN(CCCc2nc(-c3ccccc3)no2)CC1. The van der Waals surface area contributed by atoms with Gasteiger partial charge in [-0.3, -0.25) is 0 Å². The van der Waals surface area contributed by atoms with Crippen LogP contribution in [-0.4, -0.2) is 52.4 Å². The lowest BCUT2D eigenvalue weighted by atomic mass is 10.0. The maximum absolute atomic E-state index is 11.9. The van der Waals surface area contributed by atoms with E-state index in [1.807, 2.05) is 51.1 Å². The van der Waals surface area contributed by atoms with Crippen LogP contribution < -0.4 is 5.32 Å². The van der Waals surface area contributed by atoms with Gasteiger partial charge in [-0.15, -0.1) is 0 Å². The number of aromatic nitrogens is 2. The molecule has 0 aliphatic carbocycles. The van der Waals surface area contributed by atoms with E-state index in [0.717, 1.165) is 50.9 Å². The molecule has 0 unspecified atom stereocenters. The summed E-state index contributed by atoms with van der Waals surface area (Å²) in [6.07, 6.45) is 3.31. The molecule has 7 nitrogen and oxygen atoms in total. The fraction of sp³-hybridized carbons (Fsp3) is 0.571. The van der Waals surface area contributed by atoms with Crippen LogP contribution in [0.15, 0.2) is 34.9 Å². The zero-order valence-corrected chi connectivity index (χ0v) is 17.0. The van der Waals surface area contributed by atoms with E-state index in [1.165, 1.54) is 0 Å². The number of alkyl carbamates (subject to hydrolysis) is 1. The fourth-order valence-electron chi connectivity index (χ4n) is 3.29. The Morgan fingerprint density at radius 3 is 2.64 bits per heavy atom. The topological polar surface area (TPSA) is 80.5 Å². The summed E-state index contributed by atoms with van der Waals surface area (Å²) < 4.78 is 10.7. The average molecular weight is 386 g/mol. The Morgan fingerprint density at radius 2 is 1.96 bits per heavy atom. The molecule has 1 fully saturated rings. The minimum absolute atomic E-state index is 0.190. The van der Waals surface area contributed by atoms with Gasteiger partial charge in [0.05, 0.1) is 0 Å². The van der Waals surface area contributed by atoms with E-state index in [0.29, 0.717) is 11.7 Å². The Labute approximate surface area is 166 Å². The van der Waals surface area contributed by atoms with E-state index in [9.17, 15) is 4.79 Å². The van der Waals surface area contributed by atoms with Crippen LogP contribution in [0.2, 0.25) is 0 Å². The second-order valence-electron chi connectivity index (χ2n) is 8.24. The smallest absolute Gasteiger partial charge is 0.407 e. The third kappa shape index (κ3) is 6.34. The highest BCUT2D eigenvalue weighted by Gasteiger charge is 2.23. The molecule has 28 heavy (non-hydrogen) atoms. The lowest BCUT2D eigenvalue weighted by molar-refractivity contribution is 0.0479. The highest BCUT2D eigenvalue weighted by Crippen LogP contribution is 2.16. The first-order valence-corrected chi connectivity index (χ1v) is 9.99. The molecule has 152 valence electrons. The van der Waals surface area contributed by atoms with Gasteiger partial charge in [0, 0.05) is 31.1 Å². The summed E-state index contributed by atoms with van der Waals surface area (Å²) in [6.45, 7) is 8.56. The molecule has 1 aliphatic rings. The van der Waals surface area contributed by atoms with Gasteiger partial charge in [-0.25, -0.2) is 4.79 Å². The number of aryl methyl sites for hydroxylation is 1. The summed E-state index contributed by atoms with van der Waals surface area (Å²) in [5, 5.41) is 7.04. The molecule has 1 aromatic carbocycles. The molecule has 1 aromatic heterocycles. The summed E-state index contributed by atoms with van der Waals surface area (Å²) >= 11 is 0. The number of hydrogen-bond donors (Lipinski definition) is 1. The van der Waals surface area contributed by atoms with Crippen LogP contribution in [-0.2, 0) is 11.2 Å². The molecule has 0 spiro atoms. The predicted octanol–water partition coefficient (Wildman–Crippen LogP) is 3.66. The van der Waals surface area contributed by atoms with Crippen LogP contribution in [0.5, 0.6) is 0 Å². The fourth-order valence-corrected chi connectivity index (χ4v) is 3.29. The Balaban J connectivity index is 1.35. The summed E-state index contributed by atoms with van der Waals surface area (Å²) in [4.78, 5) is 18.8. The number of likely N-dealkylation sites (tertiary alicyclic amines) is 1. The lowest BCUT2D eigenvalue weighted by Gasteiger charge is -2.32. The van der Waals surface area contributed by atoms with E-state index in [2.05, 4.69) is 20.4 Å². The van der Waals surface area contributed by atoms with Gasteiger partial charge in [0.15, 0.2) is 0 Å². The number of carbonyl (C=O) groups is 1. The third-order valence-electron chi connectivity index (χ3n) is 4.67. The van der Waals surface area contributed by atoms with Gasteiger partial charge < -0.3 is 19.5 Å². The van der Waals surface area contributed by atoms with Gasteiger partial charge in [0.1, 0.15) is 5.60 Å². The number of nitrogens with zero attached hydrogens (tertiary/aromatic N) is 3. The summed E-state index contributed by atoms with van der Waals surface area (Å²) in [5.41, 5.74) is 0.511. The maximum Gasteiger partial charge on any atom is 0.407 e. The molecular weight excluding hydrogens is 356 g/mol. The van der Waals surface area contributed by atoms with E-state index < -0.39 is 5.60 Å². The Bertz CT molecular complexity index is 747. The number of benzene rings is 1. The molecule has 3 rings (SSSR count). The van der Waals surface area contributed by atoms with Crippen molar-refractivity contribution in [1.82, 2.24) is 20.4 Å². The Kier molecular flexibility index (Phi) is 6.67. The van der Waals surface area contributed by atoms with Crippen LogP contribution in [0.1, 0.15) is 45.9 Å². The average Bonchev–Trinajstić information content (AvgIpc) is 3.11. The Hall–Kier alpha value is -2.41. The van der Waals surface area contributed by atoms with Crippen LogP contribution in [0.3, 0.4) is 0 Å². The first-order valence-electron chi connectivity index (χ1n) is 9.99. The normalized spacial score (nSPS) is 16.1. The zero-order valence-electron chi connectivity index (χ0n) is 17.0. The van der Waals surface area contributed by atoms with Crippen LogP contribution in [0.4, 0.5) is 4.79 Å². The van der Waals surface area contributed by atoms with Gasteiger partial charge in [-0.2, -0.15) is 4.98 Å².